The van der Waals surface area contributed by atoms with E-state index in [2.05, 4.69) is 39.1 Å². The zero-order chi connectivity index (χ0) is 21.0. The molecule has 1 saturated carbocycles. The molecule has 0 bridgehead atoms. The van der Waals surface area contributed by atoms with Gasteiger partial charge in [-0.2, -0.15) is 4.98 Å². The number of amides is 1. The van der Waals surface area contributed by atoms with Gasteiger partial charge in [0.2, 0.25) is 5.91 Å². The highest BCUT2D eigenvalue weighted by Gasteiger charge is 2.30. The molecule has 3 aliphatic rings. The summed E-state index contributed by atoms with van der Waals surface area (Å²) in [6.07, 6.45) is 7.21. The lowest BCUT2D eigenvalue weighted by molar-refractivity contribution is -0.117. The minimum absolute atomic E-state index is 0.0513. The molecule has 0 spiro atoms. The molecular formula is C24H30N4O3. The van der Waals surface area contributed by atoms with Gasteiger partial charge < -0.3 is 9.47 Å². The summed E-state index contributed by atoms with van der Waals surface area (Å²) in [6, 6.07) is 8.88. The lowest BCUT2D eigenvalue weighted by atomic mass is 10.1. The van der Waals surface area contributed by atoms with Crippen LogP contribution in [0.5, 0.6) is 6.01 Å². The van der Waals surface area contributed by atoms with E-state index in [-0.39, 0.29) is 5.91 Å². The van der Waals surface area contributed by atoms with Crippen molar-refractivity contribution in [1.82, 2.24) is 14.9 Å². The molecule has 164 valence electrons. The minimum atomic E-state index is 0.0513. The molecule has 5 rings (SSSR count). The van der Waals surface area contributed by atoms with Crippen LogP contribution in [0.2, 0.25) is 0 Å². The first-order valence-electron chi connectivity index (χ1n) is 11.4. The van der Waals surface area contributed by atoms with Crippen LogP contribution in [-0.4, -0.2) is 53.7 Å². The summed E-state index contributed by atoms with van der Waals surface area (Å²) >= 11 is 0. The van der Waals surface area contributed by atoms with E-state index in [1.807, 2.05) is 0 Å². The van der Waals surface area contributed by atoms with Crippen LogP contribution in [0.15, 0.2) is 30.5 Å². The van der Waals surface area contributed by atoms with Gasteiger partial charge >= 0.3 is 6.01 Å². The lowest BCUT2D eigenvalue weighted by Gasteiger charge is -2.18. The number of aromatic nitrogens is 2. The van der Waals surface area contributed by atoms with Crippen molar-refractivity contribution in [3.63, 3.8) is 0 Å². The third kappa shape index (κ3) is 5.22. The number of benzene rings is 1. The molecular weight excluding hydrogens is 392 g/mol. The zero-order valence-electron chi connectivity index (χ0n) is 18.0. The number of carbonyl (C=O) groups excluding carboxylic acids is 1. The fraction of sp³-hybridized carbons (Fsp3) is 0.542. The quantitative estimate of drug-likeness (QED) is 0.549. The Labute approximate surface area is 183 Å². The van der Waals surface area contributed by atoms with Gasteiger partial charge in [0.05, 0.1) is 19.6 Å². The minimum Gasteiger partial charge on any atom is -0.461 e. The highest BCUT2D eigenvalue weighted by molar-refractivity contribution is 6.00. The predicted molar refractivity (Wildman–Crippen MR) is 117 cm³/mol. The van der Waals surface area contributed by atoms with Crippen LogP contribution >= 0.6 is 0 Å². The molecule has 0 unspecified atom stereocenters. The monoisotopic (exact) mass is 422 g/mol. The van der Waals surface area contributed by atoms with Gasteiger partial charge in [-0.1, -0.05) is 24.3 Å². The van der Waals surface area contributed by atoms with Gasteiger partial charge in [0.25, 0.3) is 0 Å². The van der Waals surface area contributed by atoms with E-state index in [1.54, 1.807) is 11.1 Å². The lowest BCUT2D eigenvalue weighted by Crippen LogP contribution is -2.26. The number of ether oxygens (including phenoxy) is 2. The molecule has 0 radical (unpaired) electrons. The van der Waals surface area contributed by atoms with Gasteiger partial charge in [0.15, 0.2) is 0 Å². The Morgan fingerprint density at radius 1 is 1.00 bits per heavy atom. The number of carbonyl (C=O) groups is 1. The molecule has 31 heavy (non-hydrogen) atoms. The fourth-order valence-corrected chi connectivity index (χ4v) is 4.21. The van der Waals surface area contributed by atoms with E-state index in [1.165, 1.54) is 44.3 Å². The Morgan fingerprint density at radius 2 is 1.74 bits per heavy atom. The Hall–Kier alpha value is -2.51. The van der Waals surface area contributed by atoms with Crippen molar-refractivity contribution < 1.29 is 14.3 Å². The molecule has 0 atom stereocenters. The van der Waals surface area contributed by atoms with Crippen LogP contribution < -0.4 is 9.64 Å². The van der Waals surface area contributed by atoms with Gasteiger partial charge in [-0.3, -0.25) is 14.6 Å². The molecule has 1 aliphatic carbocycles. The maximum absolute atomic E-state index is 12.6. The van der Waals surface area contributed by atoms with Crippen LogP contribution in [0, 0.1) is 5.92 Å². The Bertz CT molecular complexity index is 908. The van der Waals surface area contributed by atoms with Gasteiger partial charge in [-0.25, -0.2) is 4.98 Å². The van der Waals surface area contributed by atoms with E-state index in [0.717, 1.165) is 30.2 Å². The average Bonchev–Trinajstić information content (AvgIpc) is 3.37. The number of nitrogens with zero attached hydrogens (tertiary/aromatic N) is 4. The average molecular weight is 423 g/mol. The Kier molecular flexibility index (Phi) is 6.13. The molecule has 2 aromatic rings. The number of likely N-dealkylation sites (tertiary alicyclic amines) is 1. The van der Waals surface area contributed by atoms with Crippen molar-refractivity contribution in [3.8, 4) is 6.01 Å². The second-order valence-electron chi connectivity index (χ2n) is 8.82. The number of rotatable bonds is 10. The van der Waals surface area contributed by atoms with Crippen molar-refractivity contribution in [2.45, 2.75) is 45.2 Å². The highest BCUT2D eigenvalue weighted by atomic mass is 16.5. The van der Waals surface area contributed by atoms with E-state index >= 15 is 0 Å². The SMILES string of the molecule is O=C1Cc2cnc(OCCOCC3CC3)nc2N1Cc1ccc(CN2CCCC2)cc1. The first kappa shape index (κ1) is 20.4. The Morgan fingerprint density at radius 3 is 2.48 bits per heavy atom. The maximum atomic E-state index is 12.6. The summed E-state index contributed by atoms with van der Waals surface area (Å²) in [4.78, 5) is 25.6. The molecule has 0 N–H and O–H groups in total. The molecule has 1 amide bonds. The molecule has 2 aliphatic heterocycles. The first-order valence-corrected chi connectivity index (χ1v) is 11.4. The standard InChI is InChI=1S/C24H30N4O3/c29-22-13-21-14-25-24(31-12-11-30-17-20-7-8-20)26-23(21)28(22)16-19-5-3-18(4-6-19)15-27-9-1-2-10-27/h3-6,14,20H,1-2,7-13,15-17H2. The maximum Gasteiger partial charge on any atom is 0.318 e. The van der Waals surface area contributed by atoms with Gasteiger partial charge in [0, 0.05) is 24.9 Å². The van der Waals surface area contributed by atoms with Crippen LogP contribution in [-0.2, 0) is 29.0 Å². The first-order chi connectivity index (χ1) is 15.2. The van der Waals surface area contributed by atoms with Crippen molar-refractivity contribution in [3.05, 3.63) is 47.2 Å². The fourth-order valence-electron chi connectivity index (χ4n) is 4.21. The predicted octanol–water partition coefficient (Wildman–Crippen LogP) is 2.97. The largest absolute Gasteiger partial charge is 0.461 e. The second-order valence-corrected chi connectivity index (χ2v) is 8.82. The molecule has 7 heteroatoms. The van der Waals surface area contributed by atoms with Crippen LogP contribution in [0.3, 0.4) is 0 Å². The summed E-state index contributed by atoms with van der Waals surface area (Å²) in [5.41, 5.74) is 3.27. The van der Waals surface area contributed by atoms with E-state index in [4.69, 9.17) is 9.47 Å². The summed E-state index contributed by atoms with van der Waals surface area (Å²) in [5.74, 6) is 1.45. The summed E-state index contributed by atoms with van der Waals surface area (Å²) < 4.78 is 11.2. The number of anilines is 1. The molecule has 1 aromatic carbocycles. The van der Waals surface area contributed by atoms with Crippen LogP contribution in [0.1, 0.15) is 42.4 Å². The number of fused-ring (bicyclic) bond motifs is 1. The molecule has 1 saturated heterocycles. The normalized spacial score (nSPS) is 18.6. The number of hydrogen-bond acceptors (Lipinski definition) is 6. The third-order valence-corrected chi connectivity index (χ3v) is 6.20. The van der Waals surface area contributed by atoms with Crippen molar-refractivity contribution >= 4 is 11.7 Å². The zero-order valence-corrected chi connectivity index (χ0v) is 18.0. The molecule has 2 fully saturated rings. The van der Waals surface area contributed by atoms with Crippen LogP contribution in [0.4, 0.5) is 5.82 Å². The highest BCUT2D eigenvalue weighted by Crippen LogP contribution is 2.30. The van der Waals surface area contributed by atoms with Gasteiger partial charge in [-0.15, -0.1) is 0 Å². The van der Waals surface area contributed by atoms with Crippen molar-refractivity contribution in [2.75, 3.05) is 37.8 Å². The van der Waals surface area contributed by atoms with E-state index in [0.29, 0.717) is 38.0 Å². The third-order valence-electron chi connectivity index (χ3n) is 6.20. The molecule has 7 nitrogen and oxygen atoms in total. The molecule has 3 heterocycles. The van der Waals surface area contributed by atoms with Gasteiger partial charge in [-0.05, 0) is 55.8 Å². The summed E-state index contributed by atoms with van der Waals surface area (Å²) in [6.45, 7) is 5.66. The van der Waals surface area contributed by atoms with E-state index in [9.17, 15) is 4.79 Å². The second kappa shape index (κ2) is 9.32. The Balaban J connectivity index is 1.18. The molecule has 1 aromatic heterocycles. The summed E-state index contributed by atoms with van der Waals surface area (Å²) in [5, 5.41) is 0. The number of hydrogen-bond donors (Lipinski definition) is 0. The van der Waals surface area contributed by atoms with Crippen molar-refractivity contribution in [2.24, 2.45) is 5.92 Å². The van der Waals surface area contributed by atoms with Crippen molar-refractivity contribution in [1.29, 1.82) is 0 Å². The van der Waals surface area contributed by atoms with E-state index < -0.39 is 0 Å². The smallest absolute Gasteiger partial charge is 0.318 e. The van der Waals surface area contributed by atoms with Crippen LogP contribution in [0.25, 0.3) is 0 Å². The topological polar surface area (TPSA) is 67.8 Å². The summed E-state index contributed by atoms with van der Waals surface area (Å²) in [7, 11) is 0. The van der Waals surface area contributed by atoms with Gasteiger partial charge in [0.1, 0.15) is 12.4 Å².